The molecule has 5 fully saturated rings. The number of likely N-dealkylation sites (tertiary alicyclic amines) is 1. The highest BCUT2D eigenvalue weighted by Crippen LogP contribution is 2.74. The molecule has 1 aromatic rings. The monoisotopic (exact) mass is 446 g/mol. The summed E-state index contributed by atoms with van der Waals surface area (Å²) in [6, 6.07) is 10.2. The normalized spacial score (nSPS) is 33.0. The van der Waals surface area contributed by atoms with Gasteiger partial charge in [-0.3, -0.25) is 0 Å². The molecule has 0 radical (unpaired) electrons. The Kier molecular flexibility index (Phi) is 6.44. The number of carbonyl (C=O) groups excluding carboxylic acids is 1. The molecule has 6 rings (SSSR count). The van der Waals surface area contributed by atoms with Crippen LogP contribution in [0.5, 0.6) is 0 Å². The third-order valence-corrected chi connectivity index (χ3v) is 8.56. The Morgan fingerprint density at radius 3 is 2.53 bits per heavy atom. The molecule has 32 heavy (non-hydrogen) atoms. The van der Waals surface area contributed by atoms with Gasteiger partial charge in [-0.1, -0.05) is 31.7 Å². The average Bonchev–Trinajstić information content (AvgIpc) is 3.47. The fourth-order valence-corrected chi connectivity index (χ4v) is 6.74. The van der Waals surface area contributed by atoms with Crippen molar-refractivity contribution < 1.29 is 14.6 Å². The lowest BCUT2D eigenvalue weighted by Crippen LogP contribution is -2.45. The molecule has 5 aliphatic rings. The lowest BCUT2D eigenvalue weighted by molar-refractivity contribution is 0.132. The summed E-state index contributed by atoms with van der Waals surface area (Å²) in [5.74, 6) is 3.36. The molecule has 1 aromatic carbocycles. The quantitative estimate of drug-likeness (QED) is 0.567. The van der Waals surface area contributed by atoms with E-state index in [0.29, 0.717) is 11.3 Å². The van der Waals surface area contributed by atoms with Crippen molar-refractivity contribution in [1.29, 1.82) is 0 Å². The summed E-state index contributed by atoms with van der Waals surface area (Å²) in [5.41, 5.74) is 2.12. The molecule has 6 nitrogen and oxygen atoms in total. The van der Waals surface area contributed by atoms with Crippen molar-refractivity contribution in [2.45, 2.75) is 51.9 Å². The molecular formula is C26H46N4O2. The van der Waals surface area contributed by atoms with Crippen LogP contribution >= 0.6 is 0 Å². The number of hydrogen-bond acceptors (Lipinski definition) is 3. The van der Waals surface area contributed by atoms with Gasteiger partial charge in [0.25, 0.3) is 0 Å². The number of amides is 2. The fourth-order valence-electron chi connectivity index (χ4n) is 6.74. The Labute approximate surface area is 197 Å². The minimum Gasteiger partial charge on any atom is -0.412 e. The number of carbonyl (C=O) groups is 1. The first-order chi connectivity index (χ1) is 14.9. The minimum atomic E-state index is 0. The first-order valence-electron chi connectivity index (χ1n) is 12.2. The number of benzene rings is 1. The second-order valence-corrected chi connectivity index (χ2v) is 11.2. The maximum atomic E-state index is 12.5. The highest BCUT2D eigenvalue weighted by molar-refractivity contribution is 5.73. The first-order valence-corrected chi connectivity index (χ1v) is 12.2. The van der Waals surface area contributed by atoms with Crippen LogP contribution in [0.4, 0.5) is 10.5 Å². The van der Waals surface area contributed by atoms with Crippen LogP contribution in [0.1, 0.15) is 56.1 Å². The Hall–Kier alpha value is -2.21. The van der Waals surface area contributed by atoms with Gasteiger partial charge in [0, 0.05) is 36.1 Å². The van der Waals surface area contributed by atoms with Gasteiger partial charge in [-0.05, 0) is 85.7 Å². The summed E-state index contributed by atoms with van der Waals surface area (Å²) in [7, 11) is 0. The van der Waals surface area contributed by atoms with Crippen LogP contribution in [0.15, 0.2) is 42.7 Å². The second kappa shape index (κ2) is 8.97. The Morgan fingerprint density at radius 2 is 1.81 bits per heavy atom. The number of rotatable bonds is 7. The highest BCUT2D eigenvalue weighted by atomic mass is 16.2. The number of urea groups is 1. The van der Waals surface area contributed by atoms with Crippen molar-refractivity contribution >= 4 is 11.7 Å². The fraction of sp³-hybridized carbons (Fsp3) is 0.654. The van der Waals surface area contributed by atoms with Gasteiger partial charge in [0.1, 0.15) is 0 Å². The van der Waals surface area contributed by atoms with Crippen molar-refractivity contribution in [1.82, 2.24) is 15.5 Å². The summed E-state index contributed by atoms with van der Waals surface area (Å²) < 4.78 is 0. The molecule has 6 heteroatoms. The molecule has 4 saturated carbocycles. The van der Waals surface area contributed by atoms with Gasteiger partial charge in [0.2, 0.25) is 0 Å². The van der Waals surface area contributed by atoms with E-state index in [4.69, 9.17) is 0 Å². The molecule has 182 valence electrons. The highest BCUT2D eigenvalue weighted by Gasteiger charge is 2.65. The van der Waals surface area contributed by atoms with Crippen molar-refractivity contribution in [3.05, 3.63) is 42.7 Å². The van der Waals surface area contributed by atoms with Crippen molar-refractivity contribution in [3.63, 3.8) is 0 Å². The van der Waals surface area contributed by atoms with Crippen LogP contribution in [-0.2, 0) is 0 Å². The van der Waals surface area contributed by atoms with E-state index in [1.54, 1.807) is 0 Å². The third-order valence-electron chi connectivity index (χ3n) is 8.56. The Morgan fingerprint density at radius 1 is 1.09 bits per heavy atom. The number of hydrogen-bond donors (Lipinski definition) is 3. The predicted octanol–water partition coefficient (Wildman–Crippen LogP) is 4.71. The topological polar surface area (TPSA) is 87.9 Å². The van der Waals surface area contributed by atoms with Crippen LogP contribution < -0.4 is 16.0 Å². The van der Waals surface area contributed by atoms with E-state index in [1.165, 1.54) is 32.1 Å². The molecule has 2 amide bonds. The number of fused-ring (bicyclic) bond motifs is 2. The number of piperidine rings is 1. The summed E-state index contributed by atoms with van der Waals surface area (Å²) >= 11 is 0. The van der Waals surface area contributed by atoms with Crippen molar-refractivity contribution in [2.24, 2.45) is 28.6 Å². The number of para-hydroxylation sites is 1. The van der Waals surface area contributed by atoms with Crippen LogP contribution in [-0.4, -0.2) is 42.6 Å². The lowest BCUT2D eigenvalue weighted by Gasteiger charge is -2.38. The van der Waals surface area contributed by atoms with Gasteiger partial charge in [-0.25, -0.2) is 4.79 Å². The zero-order valence-electron chi connectivity index (χ0n) is 19.5. The van der Waals surface area contributed by atoms with Crippen LogP contribution in [0.2, 0.25) is 0 Å². The predicted molar refractivity (Wildman–Crippen MR) is 135 cm³/mol. The Bertz CT molecular complexity index is 829. The SMILES string of the molecule is C=C(Nc1ccccc1)N1CCC(CNC(=O)NC[C@]2(C)CC3CC4(C3)C[C@H]4C2)CC1.O.[HH].[HH].[HH]. The molecule has 1 heterocycles. The van der Waals surface area contributed by atoms with E-state index in [-0.39, 0.29) is 15.8 Å². The number of nitrogens with zero attached hydrogens (tertiary/aromatic N) is 1. The molecule has 1 saturated heterocycles. The van der Waals surface area contributed by atoms with E-state index in [1.807, 2.05) is 18.2 Å². The van der Waals surface area contributed by atoms with E-state index in [2.05, 4.69) is 46.5 Å². The molecule has 4 aliphatic carbocycles. The summed E-state index contributed by atoms with van der Waals surface area (Å²) in [4.78, 5) is 14.8. The summed E-state index contributed by atoms with van der Waals surface area (Å²) in [6.45, 7) is 10.2. The van der Waals surface area contributed by atoms with Crippen molar-refractivity contribution in [2.75, 3.05) is 31.5 Å². The minimum absolute atomic E-state index is 0. The third kappa shape index (κ3) is 4.90. The molecule has 0 unspecified atom stereocenters. The molecule has 1 spiro atoms. The lowest BCUT2D eigenvalue weighted by atomic mass is 9.68. The number of nitrogens with one attached hydrogen (secondary N) is 3. The largest absolute Gasteiger partial charge is 0.412 e. The van der Waals surface area contributed by atoms with Gasteiger partial charge < -0.3 is 26.3 Å². The average molecular weight is 447 g/mol. The molecular weight excluding hydrogens is 400 g/mol. The first kappa shape index (κ1) is 23.0. The van der Waals surface area contributed by atoms with Crippen LogP contribution in [0.25, 0.3) is 0 Å². The molecule has 5 N–H and O–H groups in total. The zero-order valence-corrected chi connectivity index (χ0v) is 19.5. The standard InChI is InChI=1S/C26H38N4O.H2O.3H2/c1-19(29-23-6-4-3-5-7-23)30-10-8-20(9-11-30)17-27-24(31)28-18-25(2)12-21-13-26(14-21)16-22(26)15-25;;;;/h3-7,20-22,29H,1,8-18H2,2H3,(H2,27,28,31);1H2;3*1H/t21?,22-,25-,26?;;;;/m1..../s1. The maximum Gasteiger partial charge on any atom is 0.314 e. The van der Waals surface area contributed by atoms with Crippen LogP contribution in [0.3, 0.4) is 0 Å². The van der Waals surface area contributed by atoms with Gasteiger partial charge in [-0.15, -0.1) is 0 Å². The molecule has 1 aliphatic heterocycles. The van der Waals surface area contributed by atoms with E-state index in [9.17, 15) is 4.79 Å². The second-order valence-electron chi connectivity index (χ2n) is 11.2. The Balaban J connectivity index is 0.00000153. The smallest absolute Gasteiger partial charge is 0.314 e. The van der Waals surface area contributed by atoms with E-state index in [0.717, 1.165) is 67.8 Å². The summed E-state index contributed by atoms with van der Waals surface area (Å²) in [5, 5.41) is 9.75. The molecule has 0 aromatic heterocycles. The number of anilines is 1. The van der Waals surface area contributed by atoms with E-state index >= 15 is 0 Å². The van der Waals surface area contributed by atoms with Gasteiger partial charge in [0.15, 0.2) is 0 Å². The van der Waals surface area contributed by atoms with Gasteiger partial charge in [0.05, 0.1) is 5.82 Å². The van der Waals surface area contributed by atoms with Crippen molar-refractivity contribution in [3.8, 4) is 0 Å². The summed E-state index contributed by atoms with van der Waals surface area (Å²) in [6.07, 6.45) is 9.15. The van der Waals surface area contributed by atoms with Gasteiger partial charge >= 0.3 is 6.03 Å². The maximum absolute atomic E-state index is 12.5. The zero-order chi connectivity index (χ0) is 21.5. The van der Waals surface area contributed by atoms with E-state index < -0.39 is 0 Å². The molecule has 2 atom stereocenters. The van der Waals surface area contributed by atoms with Gasteiger partial charge in [-0.2, -0.15) is 0 Å². The van der Waals surface area contributed by atoms with Crippen LogP contribution in [0, 0.1) is 28.6 Å². The molecule has 2 bridgehead atoms.